The molecule has 1 unspecified atom stereocenters. The van der Waals surface area contributed by atoms with Crippen LogP contribution in [0, 0.1) is 0 Å². The number of anilines is 1. The molecule has 1 aliphatic heterocycles. The molecule has 1 heterocycles. The molecule has 0 spiro atoms. The maximum Gasteiger partial charge on any atom is 0.256 e. The quantitative estimate of drug-likeness (QED) is 0.857. The van der Waals surface area contributed by atoms with Crippen LogP contribution in [-0.4, -0.2) is 36.6 Å². The number of carbonyl (C=O) groups is 1. The van der Waals surface area contributed by atoms with Gasteiger partial charge in [-0.1, -0.05) is 22.9 Å². The molecule has 2 N–H and O–H groups in total. The molecule has 2 rings (SSSR count). The topological polar surface area (TPSA) is 55.6 Å². The van der Waals surface area contributed by atoms with Crippen molar-refractivity contribution in [1.29, 1.82) is 0 Å². The van der Waals surface area contributed by atoms with Crippen LogP contribution < -0.4 is 5.73 Å². The van der Waals surface area contributed by atoms with E-state index in [1.165, 1.54) is 0 Å². The largest absolute Gasteiger partial charge is 0.398 e. The van der Waals surface area contributed by atoms with Gasteiger partial charge >= 0.3 is 0 Å². The first kappa shape index (κ1) is 15.3. The number of piperidine rings is 1. The molecule has 5 heteroatoms. The molecule has 1 aromatic carbocycles. The number of likely N-dealkylation sites (tertiary alicyclic amines) is 1. The van der Waals surface area contributed by atoms with E-state index in [9.17, 15) is 4.79 Å². The summed E-state index contributed by atoms with van der Waals surface area (Å²) in [7, 11) is 0. The van der Waals surface area contributed by atoms with Gasteiger partial charge in [0, 0.05) is 29.9 Å². The van der Waals surface area contributed by atoms with E-state index in [-0.39, 0.29) is 12.0 Å². The van der Waals surface area contributed by atoms with Gasteiger partial charge in [-0.15, -0.1) is 0 Å². The first-order valence-corrected chi connectivity index (χ1v) is 7.87. The van der Waals surface area contributed by atoms with Crippen molar-refractivity contribution >= 4 is 27.5 Å². The Bertz CT molecular complexity index is 479. The molecule has 1 fully saturated rings. The van der Waals surface area contributed by atoms with Crippen molar-refractivity contribution in [1.82, 2.24) is 4.90 Å². The molecule has 1 amide bonds. The van der Waals surface area contributed by atoms with Gasteiger partial charge in [-0.05, 0) is 37.5 Å². The maximum absolute atomic E-state index is 12.6. The fourth-order valence-corrected chi connectivity index (χ4v) is 2.79. The summed E-state index contributed by atoms with van der Waals surface area (Å²) in [5.74, 6) is -0.00593. The lowest BCUT2D eigenvalue weighted by Gasteiger charge is -2.33. The predicted octanol–water partition coefficient (Wildman–Crippen LogP) is 3.06. The first-order chi connectivity index (χ1) is 9.61. The normalized spacial score (nSPS) is 19.1. The molecule has 1 atom stereocenters. The lowest BCUT2D eigenvalue weighted by Crippen LogP contribution is -2.43. The number of carbonyl (C=O) groups excluding carboxylic acids is 1. The number of nitrogens with two attached hydrogens (primary N) is 1. The van der Waals surface area contributed by atoms with Gasteiger partial charge in [0.25, 0.3) is 5.91 Å². The first-order valence-electron chi connectivity index (χ1n) is 7.07. The smallest absolute Gasteiger partial charge is 0.256 e. The van der Waals surface area contributed by atoms with E-state index in [2.05, 4.69) is 22.9 Å². The molecule has 0 saturated carbocycles. The Morgan fingerprint density at radius 1 is 1.55 bits per heavy atom. The summed E-state index contributed by atoms with van der Waals surface area (Å²) < 4.78 is 6.63. The zero-order chi connectivity index (χ0) is 14.5. The van der Waals surface area contributed by atoms with Crippen molar-refractivity contribution < 1.29 is 9.53 Å². The summed E-state index contributed by atoms with van der Waals surface area (Å²) in [6, 6.07) is 5.38. The van der Waals surface area contributed by atoms with E-state index in [0.717, 1.165) is 36.9 Å². The van der Waals surface area contributed by atoms with E-state index < -0.39 is 0 Å². The van der Waals surface area contributed by atoms with Crippen LogP contribution >= 0.6 is 15.9 Å². The minimum Gasteiger partial charge on any atom is -0.398 e. The Morgan fingerprint density at radius 2 is 2.35 bits per heavy atom. The van der Waals surface area contributed by atoms with Crippen molar-refractivity contribution in [3.63, 3.8) is 0 Å². The maximum atomic E-state index is 12.6. The van der Waals surface area contributed by atoms with Crippen LogP contribution in [0.15, 0.2) is 22.7 Å². The number of amides is 1. The standard InChI is InChI=1S/C15H21BrN2O2/c1-2-8-20-12-4-3-7-18(10-12)15(19)13-9-11(16)5-6-14(13)17/h5-6,9,12H,2-4,7-8,10,17H2,1H3. The summed E-state index contributed by atoms with van der Waals surface area (Å²) in [5, 5.41) is 0. The number of hydrogen-bond acceptors (Lipinski definition) is 3. The molecule has 110 valence electrons. The molecular formula is C15H21BrN2O2. The second-order valence-corrected chi connectivity index (χ2v) is 6.03. The van der Waals surface area contributed by atoms with Crippen LogP contribution in [0.25, 0.3) is 0 Å². The van der Waals surface area contributed by atoms with Gasteiger partial charge in [-0.25, -0.2) is 0 Å². The highest BCUT2D eigenvalue weighted by atomic mass is 79.9. The van der Waals surface area contributed by atoms with Gasteiger partial charge < -0.3 is 15.4 Å². The Labute approximate surface area is 128 Å². The van der Waals surface area contributed by atoms with E-state index in [1.807, 2.05) is 11.0 Å². The van der Waals surface area contributed by atoms with Crippen molar-refractivity contribution in [2.45, 2.75) is 32.3 Å². The van der Waals surface area contributed by atoms with Gasteiger partial charge in [-0.2, -0.15) is 0 Å². The third kappa shape index (κ3) is 3.73. The van der Waals surface area contributed by atoms with E-state index in [1.54, 1.807) is 12.1 Å². The fourth-order valence-electron chi connectivity index (χ4n) is 2.43. The number of benzene rings is 1. The Kier molecular flexibility index (Phi) is 5.43. The van der Waals surface area contributed by atoms with Crippen molar-refractivity contribution in [3.05, 3.63) is 28.2 Å². The Balaban J connectivity index is 2.06. The molecule has 0 radical (unpaired) electrons. The molecule has 1 aromatic rings. The monoisotopic (exact) mass is 340 g/mol. The zero-order valence-electron chi connectivity index (χ0n) is 11.8. The average molecular weight is 341 g/mol. The van der Waals surface area contributed by atoms with Crippen LogP contribution in [0.5, 0.6) is 0 Å². The number of rotatable bonds is 4. The summed E-state index contributed by atoms with van der Waals surface area (Å²) in [4.78, 5) is 14.4. The van der Waals surface area contributed by atoms with E-state index in [0.29, 0.717) is 17.8 Å². The molecule has 4 nitrogen and oxygen atoms in total. The molecular weight excluding hydrogens is 320 g/mol. The summed E-state index contributed by atoms with van der Waals surface area (Å²) >= 11 is 3.38. The number of halogens is 1. The van der Waals surface area contributed by atoms with Gasteiger partial charge in [0.1, 0.15) is 0 Å². The number of ether oxygens (including phenoxy) is 1. The third-order valence-electron chi connectivity index (χ3n) is 3.47. The lowest BCUT2D eigenvalue weighted by atomic mass is 10.1. The second kappa shape index (κ2) is 7.09. The van der Waals surface area contributed by atoms with Crippen molar-refractivity contribution in [3.8, 4) is 0 Å². The Morgan fingerprint density at radius 3 is 3.10 bits per heavy atom. The highest BCUT2D eigenvalue weighted by Crippen LogP contribution is 2.22. The van der Waals surface area contributed by atoms with Crippen LogP contribution in [0.4, 0.5) is 5.69 Å². The second-order valence-electron chi connectivity index (χ2n) is 5.12. The zero-order valence-corrected chi connectivity index (χ0v) is 13.4. The highest BCUT2D eigenvalue weighted by molar-refractivity contribution is 9.10. The minimum atomic E-state index is -0.00593. The molecule has 1 saturated heterocycles. The number of nitrogen functional groups attached to an aromatic ring is 1. The van der Waals surface area contributed by atoms with Gasteiger partial charge in [0.15, 0.2) is 0 Å². The SMILES string of the molecule is CCCOC1CCCN(C(=O)c2cc(Br)ccc2N)C1. The van der Waals surface area contributed by atoms with Crippen LogP contribution in [-0.2, 0) is 4.74 Å². The average Bonchev–Trinajstić information content (AvgIpc) is 2.47. The van der Waals surface area contributed by atoms with E-state index >= 15 is 0 Å². The molecule has 0 aromatic heterocycles. The predicted molar refractivity (Wildman–Crippen MR) is 83.7 cm³/mol. The van der Waals surface area contributed by atoms with Gasteiger partial charge in [0.2, 0.25) is 0 Å². The van der Waals surface area contributed by atoms with Crippen LogP contribution in [0.2, 0.25) is 0 Å². The number of nitrogens with zero attached hydrogens (tertiary/aromatic N) is 1. The van der Waals surface area contributed by atoms with E-state index in [4.69, 9.17) is 10.5 Å². The summed E-state index contributed by atoms with van der Waals surface area (Å²) in [6.45, 7) is 4.28. The van der Waals surface area contributed by atoms with Crippen LogP contribution in [0.1, 0.15) is 36.5 Å². The van der Waals surface area contributed by atoms with Gasteiger partial charge in [0.05, 0.1) is 11.7 Å². The molecule has 20 heavy (non-hydrogen) atoms. The minimum absolute atomic E-state index is 0.00593. The Hall–Kier alpha value is -1.07. The van der Waals surface area contributed by atoms with Gasteiger partial charge in [-0.3, -0.25) is 4.79 Å². The molecule has 0 aliphatic carbocycles. The lowest BCUT2D eigenvalue weighted by molar-refractivity contribution is 0.00214. The molecule has 1 aliphatic rings. The van der Waals surface area contributed by atoms with Crippen LogP contribution in [0.3, 0.4) is 0 Å². The summed E-state index contributed by atoms with van der Waals surface area (Å²) in [6.07, 6.45) is 3.16. The third-order valence-corrected chi connectivity index (χ3v) is 3.96. The highest BCUT2D eigenvalue weighted by Gasteiger charge is 2.25. The summed E-state index contributed by atoms with van der Waals surface area (Å²) in [5.41, 5.74) is 7.00. The number of hydrogen-bond donors (Lipinski definition) is 1. The molecule has 0 bridgehead atoms. The fraction of sp³-hybridized carbons (Fsp3) is 0.533. The van der Waals surface area contributed by atoms with Crippen molar-refractivity contribution in [2.75, 3.05) is 25.4 Å². The van der Waals surface area contributed by atoms with Crippen molar-refractivity contribution in [2.24, 2.45) is 0 Å².